The van der Waals surface area contributed by atoms with Gasteiger partial charge in [-0.1, -0.05) is 6.42 Å². The highest BCUT2D eigenvalue weighted by atomic mass is 35.5. The monoisotopic (exact) mass is 173 g/mol. The van der Waals surface area contributed by atoms with Gasteiger partial charge >= 0.3 is 0 Å². The summed E-state index contributed by atoms with van der Waals surface area (Å²) in [5.74, 6) is 0.714. The highest BCUT2D eigenvalue weighted by molar-refractivity contribution is 6.21. The Balaban J connectivity index is 2.09. The Hall–Kier alpha value is -0.240. The van der Waals surface area contributed by atoms with Crippen LogP contribution < -0.4 is 5.32 Å². The fourth-order valence-corrected chi connectivity index (χ4v) is 2.57. The molecule has 1 saturated carbocycles. The predicted octanol–water partition coefficient (Wildman–Crippen LogP) is 1.28. The Morgan fingerprint density at radius 3 is 3.00 bits per heavy atom. The largest absolute Gasteiger partial charge is 0.352 e. The Morgan fingerprint density at radius 2 is 2.27 bits per heavy atom. The number of nitrogens with one attached hydrogen (secondary N) is 1. The molecule has 1 saturated heterocycles. The predicted molar refractivity (Wildman–Crippen MR) is 43.5 cm³/mol. The van der Waals surface area contributed by atoms with Crippen LogP contribution in [0.2, 0.25) is 0 Å². The average Bonchev–Trinajstić information content (AvgIpc) is 2.31. The van der Waals surface area contributed by atoms with E-state index >= 15 is 0 Å². The average molecular weight is 174 g/mol. The minimum atomic E-state index is 0.181. The van der Waals surface area contributed by atoms with Crippen molar-refractivity contribution >= 4 is 17.5 Å². The van der Waals surface area contributed by atoms with Crippen molar-refractivity contribution in [2.45, 2.75) is 37.1 Å². The molecule has 0 bridgehead atoms. The summed E-state index contributed by atoms with van der Waals surface area (Å²) in [6.45, 7) is 0. The summed E-state index contributed by atoms with van der Waals surface area (Å²) in [6, 6.07) is 0.276. The van der Waals surface area contributed by atoms with Gasteiger partial charge in [0.1, 0.15) is 0 Å². The van der Waals surface area contributed by atoms with E-state index in [1.807, 2.05) is 0 Å². The smallest absolute Gasteiger partial charge is 0.220 e. The third-order valence-electron chi connectivity index (χ3n) is 2.73. The van der Waals surface area contributed by atoms with Crippen molar-refractivity contribution < 1.29 is 4.79 Å². The lowest BCUT2D eigenvalue weighted by molar-refractivity contribution is -0.119. The maximum absolute atomic E-state index is 11.0. The zero-order chi connectivity index (χ0) is 7.84. The standard InChI is InChI=1S/C8H12ClNO/c9-6-3-1-2-5-4-7(11)10-8(5)6/h5-6,8H,1-4H2,(H,10,11)/t5?,6-,8?/m1/s1. The lowest BCUT2D eigenvalue weighted by Gasteiger charge is -2.28. The molecule has 1 aliphatic carbocycles. The van der Waals surface area contributed by atoms with Gasteiger partial charge in [0.25, 0.3) is 0 Å². The van der Waals surface area contributed by atoms with Crippen LogP contribution in [0, 0.1) is 5.92 Å². The normalized spacial score (nSPS) is 43.4. The van der Waals surface area contributed by atoms with Crippen molar-refractivity contribution in [2.75, 3.05) is 0 Å². The SMILES string of the molecule is O=C1CC2CCC[C@@H](Cl)C2N1. The van der Waals surface area contributed by atoms with Gasteiger partial charge in [-0.3, -0.25) is 4.79 Å². The van der Waals surface area contributed by atoms with Gasteiger partial charge in [-0.05, 0) is 18.8 Å². The number of hydrogen-bond donors (Lipinski definition) is 1. The summed E-state index contributed by atoms with van der Waals surface area (Å²) in [5.41, 5.74) is 0. The van der Waals surface area contributed by atoms with Gasteiger partial charge in [0.2, 0.25) is 5.91 Å². The number of rotatable bonds is 0. The zero-order valence-electron chi connectivity index (χ0n) is 6.35. The second-order valence-electron chi connectivity index (χ2n) is 3.50. The van der Waals surface area contributed by atoms with Gasteiger partial charge in [0.05, 0.1) is 5.38 Å². The van der Waals surface area contributed by atoms with Crippen molar-refractivity contribution in [2.24, 2.45) is 5.92 Å². The summed E-state index contributed by atoms with van der Waals surface area (Å²) >= 11 is 6.07. The van der Waals surface area contributed by atoms with Crippen LogP contribution in [-0.2, 0) is 4.79 Å². The number of hydrogen-bond acceptors (Lipinski definition) is 1. The van der Waals surface area contributed by atoms with Crippen LogP contribution in [0.3, 0.4) is 0 Å². The van der Waals surface area contributed by atoms with Crippen LogP contribution in [0.25, 0.3) is 0 Å². The first kappa shape index (κ1) is 7.41. The topological polar surface area (TPSA) is 29.1 Å². The van der Waals surface area contributed by atoms with Gasteiger partial charge in [0, 0.05) is 12.5 Å². The highest BCUT2D eigenvalue weighted by Gasteiger charge is 2.38. The summed E-state index contributed by atoms with van der Waals surface area (Å²) < 4.78 is 0. The molecule has 2 nitrogen and oxygen atoms in total. The molecule has 1 N–H and O–H groups in total. The Kier molecular flexibility index (Phi) is 1.80. The Bertz CT molecular complexity index is 183. The molecule has 2 fully saturated rings. The third-order valence-corrected chi connectivity index (χ3v) is 3.22. The van der Waals surface area contributed by atoms with E-state index in [1.165, 1.54) is 12.8 Å². The molecule has 62 valence electrons. The fourth-order valence-electron chi connectivity index (χ4n) is 2.15. The van der Waals surface area contributed by atoms with E-state index in [0.717, 1.165) is 6.42 Å². The van der Waals surface area contributed by atoms with Crippen molar-refractivity contribution in [1.29, 1.82) is 0 Å². The molecular formula is C8H12ClNO. The zero-order valence-corrected chi connectivity index (χ0v) is 7.10. The molecule has 0 aromatic rings. The van der Waals surface area contributed by atoms with E-state index in [1.54, 1.807) is 0 Å². The molecule has 1 amide bonds. The molecule has 0 spiro atoms. The second kappa shape index (κ2) is 2.67. The number of alkyl halides is 1. The first-order chi connectivity index (χ1) is 5.27. The van der Waals surface area contributed by atoms with Gasteiger partial charge in [0.15, 0.2) is 0 Å². The van der Waals surface area contributed by atoms with Crippen LogP contribution >= 0.6 is 11.6 Å². The first-order valence-electron chi connectivity index (χ1n) is 4.21. The van der Waals surface area contributed by atoms with E-state index in [2.05, 4.69) is 5.32 Å². The summed E-state index contributed by atoms with van der Waals surface area (Å²) in [7, 11) is 0. The first-order valence-corrected chi connectivity index (χ1v) is 4.64. The third kappa shape index (κ3) is 1.24. The maximum atomic E-state index is 11.0. The van der Waals surface area contributed by atoms with E-state index in [9.17, 15) is 4.79 Å². The maximum Gasteiger partial charge on any atom is 0.220 e. The molecule has 0 radical (unpaired) electrons. The van der Waals surface area contributed by atoms with E-state index in [-0.39, 0.29) is 17.3 Å². The molecule has 2 aliphatic rings. The molecule has 1 aliphatic heterocycles. The molecular weight excluding hydrogens is 162 g/mol. The highest BCUT2D eigenvalue weighted by Crippen LogP contribution is 2.33. The van der Waals surface area contributed by atoms with Gasteiger partial charge in [-0.15, -0.1) is 11.6 Å². The van der Waals surface area contributed by atoms with Crippen molar-refractivity contribution in [3.05, 3.63) is 0 Å². The second-order valence-corrected chi connectivity index (χ2v) is 4.06. The summed E-state index contributed by atoms with van der Waals surface area (Å²) in [6.07, 6.45) is 4.12. The minimum absolute atomic E-state index is 0.181. The number of carbonyl (C=O) groups is 1. The number of amides is 1. The van der Waals surface area contributed by atoms with E-state index in [4.69, 9.17) is 11.6 Å². The number of halogens is 1. The van der Waals surface area contributed by atoms with Crippen LogP contribution in [-0.4, -0.2) is 17.3 Å². The Morgan fingerprint density at radius 1 is 1.45 bits per heavy atom. The van der Waals surface area contributed by atoms with Gasteiger partial charge in [-0.25, -0.2) is 0 Å². The quantitative estimate of drug-likeness (QED) is 0.550. The van der Waals surface area contributed by atoms with Gasteiger partial charge < -0.3 is 5.32 Å². The molecule has 0 aromatic carbocycles. The summed E-state index contributed by atoms with van der Waals surface area (Å²) in [4.78, 5) is 11.0. The van der Waals surface area contributed by atoms with Crippen molar-refractivity contribution in [1.82, 2.24) is 5.32 Å². The van der Waals surface area contributed by atoms with E-state index in [0.29, 0.717) is 12.3 Å². The summed E-state index contributed by atoms with van der Waals surface area (Å²) in [5, 5.41) is 3.12. The van der Waals surface area contributed by atoms with E-state index < -0.39 is 0 Å². The van der Waals surface area contributed by atoms with Gasteiger partial charge in [-0.2, -0.15) is 0 Å². The minimum Gasteiger partial charge on any atom is -0.352 e. The Labute approximate surface area is 71.3 Å². The number of carbonyl (C=O) groups excluding carboxylic acids is 1. The fraction of sp³-hybridized carbons (Fsp3) is 0.875. The van der Waals surface area contributed by atoms with Crippen LogP contribution in [0.15, 0.2) is 0 Å². The lowest BCUT2D eigenvalue weighted by atomic mass is 9.85. The lowest BCUT2D eigenvalue weighted by Crippen LogP contribution is -2.39. The molecule has 3 heteroatoms. The molecule has 2 rings (SSSR count). The van der Waals surface area contributed by atoms with Crippen LogP contribution in [0.5, 0.6) is 0 Å². The van der Waals surface area contributed by atoms with Crippen LogP contribution in [0.1, 0.15) is 25.7 Å². The molecule has 2 unspecified atom stereocenters. The molecule has 1 heterocycles. The molecule has 11 heavy (non-hydrogen) atoms. The van der Waals surface area contributed by atoms with Crippen molar-refractivity contribution in [3.8, 4) is 0 Å². The van der Waals surface area contributed by atoms with Crippen molar-refractivity contribution in [3.63, 3.8) is 0 Å². The number of fused-ring (bicyclic) bond motifs is 1. The molecule has 3 atom stereocenters. The van der Waals surface area contributed by atoms with Crippen LogP contribution in [0.4, 0.5) is 0 Å². The molecule has 0 aromatic heterocycles.